The minimum absolute atomic E-state index is 0.113. The lowest BCUT2D eigenvalue weighted by molar-refractivity contribution is 0.378. The van der Waals surface area contributed by atoms with Gasteiger partial charge >= 0.3 is 0 Å². The van der Waals surface area contributed by atoms with Gasteiger partial charge in [-0.05, 0) is 24.1 Å². The molecule has 94 valence electrons. The Bertz CT molecular complexity index is 515. The van der Waals surface area contributed by atoms with Crippen molar-refractivity contribution >= 4 is 5.70 Å². The van der Waals surface area contributed by atoms with Gasteiger partial charge in [0.1, 0.15) is 12.5 Å². The Morgan fingerprint density at radius 3 is 2.50 bits per heavy atom. The summed E-state index contributed by atoms with van der Waals surface area (Å²) in [5.41, 5.74) is 2.75. The zero-order valence-corrected chi connectivity index (χ0v) is 10.3. The molecule has 0 N–H and O–H groups in total. The Morgan fingerprint density at radius 2 is 1.89 bits per heavy atom. The summed E-state index contributed by atoms with van der Waals surface area (Å²) in [4.78, 5) is 1.60. The third kappa shape index (κ3) is 2.21. The van der Waals surface area contributed by atoms with Crippen LogP contribution in [0.5, 0.6) is 0 Å². The van der Waals surface area contributed by atoms with Gasteiger partial charge in [-0.15, -0.1) is 0 Å². The summed E-state index contributed by atoms with van der Waals surface area (Å²) in [6.07, 6.45) is 1.44. The van der Waals surface area contributed by atoms with Crippen molar-refractivity contribution in [2.75, 3.05) is 13.2 Å². The third-order valence-corrected chi connectivity index (χ3v) is 2.94. The van der Waals surface area contributed by atoms with Crippen molar-refractivity contribution in [3.05, 3.63) is 65.6 Å². The summed E-state index contributed by atoms with van der Waals surface area (Å²) in [6, 6.07) is 9.57. The quantitative estimate of drug-likeness (QED) is 0.778. The first-order chi connectivity index (χ1) is 8.65. The van der Waals surface area contributed by atoms with E-state index < -0.39 is 12.5 Å². The second-order valence-electron chi connectivity index (χ2n) is 4.18. The average molecular weight is 247 g/mol. The molecule has 1 nitrogen and oxygen atoms in total. The van der Waals surface area contributed by atoms with Crippen LogP contribution in [-0.2, 0) is 0 Å². The Kier molecular flexibility index (Phi) is 3.60. The molecule has 3 heteroatoms. The number of hydrogen-bond acceptors (Lipinski definition) is 1. The van der Waals surface area contributed by atoms with Gasteiger partial charge in [0.15, 0.2) is 0 Å². The maximum absolute atomic E-state index is 13.7. The number of alkyl halides is 1. The number of benzene rings is 1. The van der Waals surface area contributed by atoms with Crippen LogP contribution in [0.15, 0.2) is 60.1 Å². The third-order valence-electron chi connectivity index (χ3n) is 2.94. The zero-order valence-electron chi connectivity index (χ0n) is 10.3. The van der Waals surface area contributed by atoms with Crippen molar-refractivity contribution in [2.45, 2.75) is 6.92 Å². The van der Waals surface area contributed by atoms with Crippen molar-refractivity contribution in [3.8, 4) is 0 Å². The van der Waals surface area contributed by atoms with Crippen LogP contribution in [0.4, 0.5) is 8.78 Å². The minimum atomic E-state index is -0.546. The van der Waals surface area contributed by atoms with E-state index in [9.17, 15) is 8.78 Å². The van der Waals surface area contributed by atoms with Crippen LogP contribution >= 0.6 is 0 Å². The van der Waals surface area contributed by atoms with Gasteiger partial charge in [-0.25, -0.2) is 8.78 Å². The predicted octanol–water partition coefficient (Wildman–Crippen LogP) is 4.07. The Morgan fingerprint density at radius 1 is 1.22 bits per heavy atom. The van der Waals surface area contributed by atoms with Gasteiger partial charge in [-0.1, -0.05) is 36.9 Å². The molecule has 18 heavy (non-hydrogen) atoms. The second-order valence-corrected chi connectivity index (χ2v) is 4.18. The molecule has 0 radical (unpaired) electrons. The van der Waals surface area contributed by atoms with E-state index >= 15 is 0 Å². The van der Waals surface area contributed by atoms with Gasteiger partial charge in [0.25, 0.3) is 0 Å². The zero-order chi connectivity index (χ0) is 13.1. The van der Waals surface area contributed by atoms with Crippen molar-refractivity contribution in [1.29, 1.82) is 0 Å². The summed E-state index contributed by atoms with van der Waals surface area (Å²) in [5.74, 6) is -0.402. The largest absolute Gasteiger partial charge is 0.336 e. The highest BCUT2D eigenvalue weighted by molar-refractivity contribution is 5.73. The molecule has 1 heterocycles. The van der Waals surface area contributed by atoms with Crippen molar-refractivity contribution in [3.63, 3.8) is 0 Å². The first-order valence-electron chi connectivity index (χ1n) is 5.81. The summed E-state index contributed by atoms with van der Waals surface area (Å²) in [7, 11) is 0. The van der Waals surface area contributed by atoms with E-state index in [0.29, 0.717) is 0 Å². The average Bonchev–Trinajstić information content (AvgIpc) is 2.37. The fraction of sp³-hybridized carbons (Fsp3) is 0.200. The number of rotatable bonds is 3. The van der Waals surface area contributed by atoms with Crippen molar-refractivity contribution in [1.82, 2.24) is 4.90 Å². The van der Waals surface area contributed by atoms with E-state index in [4.69, 9.17) is 0 Å². The van der Waals surface area contributed by atoms with E-state index in [1.54, 1.807) is 4.90 Å². The molecule has 1 aromatic carbocycles. The Balaban J connectivity index is 2.52. The van der Waals surface area contributed by atoms with Crippen LogP contribution in [0.1, 0.15) is 12.5 Å². The molecular formula is C15H15F2N. The molecule has 0 bridgehead atoms. The van der Waals surface area contributed by atoms with Gasteiger partial charge in [-0.3, -0.25) is 0 Å². The van der Waals surface area contributed by atoms with Gasteiger partial charge in [0.2, 0.25) is 0 Å². The molecule has 1 aliphatic heterocycles. The van der Waals surface area contributed by atoms with E-state index in [1.165, 1.54) is 6.08 Å². The fourth-order valence-corrected chi connectivity index (χ4v) is 2.13. The molecule has 0 saturated carbocycles. The first-order valence-corrected chi connectivity index (χ1v) is 5.81. The number of halogens is 2. The molecule has 0 aromatic heterocycles. The maximum Gasteiger partial charge on any atom is 0.146 e. The Hall–Kier alpha value is -1.90. The highest BCUT2D eigenvalue weighted by Gasteiger charge is 2.23. The molecule has 0 atom stereocenters. The maximum atomic E-state index is 13.7. The fourth-order valence-electron chi connectivity index (χ4n) is 2.13. The molecule has 0 amide bonds. The number of hydrogen-bond donors (Lipinski definition) is 0. The molecule has 1 aliphatic rings. The van der Waals surface area contributed by atoms with Gasteiger partial charge in [-0.2, -0.15) is 0 Å². The highest BCUT2D eigenvalue weighted by atomic mass is 19.1. The molecule has 1 aromatic rings. The van der Waals surface area contributed by atoms with Crippen LogP contribution in [-0.4, -0.2) is 18.1 Å². The monoisotopic (exact) mass is 247 g/mol. The van der Waals surface area contributed by atoms with Crippen molar-refractivity contribution in [2.24, 2.45) is 0 Å². The normalized spacial score (nSPS) is 16.1. The predicted molar refractivity (Wildman–Crippen MR) is 70.0 cm³/mol. The molecule has 0 fully saturated rings. The minimum Gasteiger partial charge on any atom is -0.336 e. The van der Waals surface area contributed by atoms with E-state index in [1.807, 2.05) is 37.3 Å². The molecule has 0 saturated heterocycles. The highest BCUT2D eigenvalue weighted by Crippen LogP contribution is 2.34. The number of allylic oxidation sites excluding steroid dienone is 3. The summed E-state index contributed by atoms with van der Waals surface area (Å²) in [6.45, 7) is 5.07. The van der Waals surface area contributed by atoms with Crippen LogP contribution in [0.2, 0.25) is 0 Å². The molecule has 0 aliphatic carbocycles. The summed E-state index contributed by atoms with van der Waals surface area (Å²) >= 11 is 0. The topological polar surface area (TPSA) is 3.24 Å². The lowest BCUT2D eigenvalue weighted by Gasteiger charge is -2.32. The van der Waals surface area contributed by atoms with Gasteiger partial charge in [0, 0.05) is 0 Å². The Labute approximate surface area is 106 Å². The van der Waals surface area contributed by atoms with E-state index in [2.05, 4.69) is 6.58 Å². The van der Waals surface area contributed by atoms with E-state index in [-0.39, 0.29) is 12.2 Å². The second kappa shape index (κ2) is 5.17. The lowest BCUT2D eigenvalue weighted by atomic mass is 10.0. The van der Waals surface area contributed by atoms with Crippen LogP contribution < -0.4 is 0 Å². The van der Waals surface area contributed by atoms with E-state index in [0.717, 1.165) is 16.8 Å². The molecular weight excluding hydrogens is 232 g/mol. The smallest absolute Gasteiger partial charge is 0.146 e. The summed E-state index contributed by atoms with van der Waals surface area (Å²) < 4.78 is 26.3. The lowest BCUT2D eigenvalue weighted by Crippen LogP contribution is -2.27. The summed E-state index contributed by atoms with van der Waals surface area (Å²) in [5, 5.41) is 0. The van der Waals surface area contributed by atoms with Crippen molar-refractivity contribution < 1.29 is 8.78 Å². The molecule has 2 rings (SSSR count). The van der Waals surface area contributed by atoms with Crippen LogP contribution in [0.3, 0.4) is 0 Å². The van der Waals surface area contributed by atoms with Gasteiger partial charge in [0.05, 0.1) is 17.9 Å². The van der Waals surface area contributed by atoms with Crippen LogP contribution in [0, 0.1) is 0 Å². The first kappa shape index (κ1) is 12.6. The SMILES string of the molecule is C=C1C(F)=CC(C)=C(c2ccccc2)N1CCF. The molecule has 0 spiro atoms. The molecule has 0 unspecified atom stereocenters. The standard InChI is InChI=1S/C15H15F2N/c1-11-10-14(17)12(2)18(9-8-16)15(11)13-6-4-3-5-7-13/h3-7,10H,2,8-9H2,1H3. The van der Waals surface area contributed by atoms with Crippen LogP contribution in [0.25, 0.3) is 5.70 Å². The van der Waals surface area contributed by atoms with Gasteiger partial charge < -0.3 is 4.90 Å². The number of nitrogens with zero attached hydrogens (tertiary/aromatic N) is 1.